The van der Waals surface area contributed by atoms with Crippen molar-refractivity contribution in [3.63, 3.8) is 0 Å². The molecule has 0 saturated heterocycles. The van der Waals surface area contributed by atoms with Gasteiger partial charge in [-0.1, -0.05) is 20.8 Å². The van der Waals surface area contributed by atoms with E-state index in [1.807, 2.05) is 17.5 Å². The normalized spacial score (nSPS) is 11.5. The first-order valence-electron chi connectivity index (χ1n) is 7.08. The molecule has 0 aromatic carbocycles. The third kappa shape index (κ3) is 6.36. The Hall–Kier alpha value is -0.650. The zero-order valence-corrected chi connectivity index (χ0v) is 13.8. The van der Waals surface area contributed by atoms with E-state index in [2.05, 4.69) is 55.0 Å². The molecule has 1 N–H and O–H groups in total. The molecule has 0 atom stereocenters. The van der Waals surface area contributed by atoms with Crippen LogP contribution < -0.4 is 10.2 Å². The fourth-order valence-corrected chi connectivity index (χ4v) is 2.71. The van der Waals surface area contributed by atoms with Gasteiger partial charge >= 0.3 is 0 Å². The van der Waals surface area contributed by atoms with E-state index in [0.29, 0.717) is 5.92 Å². The Labute approximate surface area is 121 Å². The molecule has 5 heteroatoms. The zero-order chi connectivity index (χ0) is 14.3. The summed E-state index contributed by atoms with van der Waals surface area (Å²) in [7, 11) is 4.23. The number of hydrogen-bond acceptors (Lipinski definition) is 5. The van der Waals surface area contributed by atoms with Crippen LogP contribution in [0.25, 0.3) is 0 Å². The third-order valence-electron chi connectivity index (χ3n) is 2.76. The van der Waals surface area contributed by atoms with Crippen molar-refractivity contribution in [3.8, 4) is 0 Å². The Morgan fingerprint density at radius 1 is 1.32 bits per heavy atom. The standard InChI is InChI=1S/C14H28N4S/c1-6-15-9-13-10-16-14(19-13)18(11-12(2)3)8-7-17(4)5/h10,12,15H,6-9,11H2,1-5H3. The molecule has 0 saturated carbocycles. The van der Waals surface area contributed by atoms with Crippen molar-refractivity contribution in [2.24, 2.45) is 5.92 Å². The molecule has 110 valence electrons. The van der Waals surface area contributed by atoms with Gasteiger partial charge in [0.25, 0.3) is 0 Å². The van der Waals surface area contributed by atoms with Crippen LogP contribution in [0, 0.1) is 5.92 Å². The van der Waals surface area contributed by atoms with Gasteiger partial charge in [0.1, 0.15) is 0 Å². The summed E-state index contributed by atoms with van der Waals surface area (Å²) in [5.74, 6) is 0.656. The lowest BCUT2D eigenvalue weighted by molar-refractivity contribution is 0.409. The lowest BCUT2D eigenvalue weighted by atomic mass is 10.2. The number of likely N-dealkylation sites (N-methyl/N-ethyl adjacent to an activating group) is 1. The van der Waals surface area contributed by atoms with Crippen molar-refractivity contribution in [3.05, 3.63) is 11.1 Å². The van der Waals surface area contributed by atoms with Crippen LogP contribution in [0.3, 0.4) is 0 Å². The van der Waals surface area contributed by atoms with E-state index in [-0.39, 0.29) is 0 Å². The molecule has 1 heterocycles. The van der Waals surface area contributed by atoms with E-state index in [9.17, 15) is 0 Å². The quantitative estimate of drug-likeness (QED) is 0.754. The van der Waals surface area contributed by atoms with Crippen molar-refractivity contribution >= 4 is 16.5 Å². The zero-order valence-electron chi connectivity index (χ0n) is 12.9. The van der Waals surface area contributed by atoms with Gasteiger partial charge in [-0.25, -0.2) is 4.98 Å². The van der Waals surface area contributed by atoms with Gasteiger partial charge in [0.15, 0.2) is 5.13 Å². The lowest BCUT2D eigenvalue weighted by Gasteiger charge is -2.25. The average Bonchev–Trinajstić information content (AvgIpc) is 2.80. The Bertz CT molecular complexity index is 349. The second-order valence-electron chi connectivity index (χ2n) is 5.53. The molecular weight excluding hydrogens is 256 g/mol. The van der Waals surface area contributed by atoms with Crippen molar-refractivity contribution < 1.29 is 0 Å². The number of thiazole rings is 1. The average molecular weight is 284 g/mol. The summed E-state index contributed by atoms with van der Waals surface area (Å²) >= 11 is 1.81. The molecule has 0 aliphatic carbocycles. The van der Waals surface area contributed by atoms with Crippen LogP contribution in [-0.2, 0) is 6.54 Å². The predicted molar refractivity (Wildman–Crippen MR) is 85.1 cm³/mol. The molecule has 0 aliphatic heterocycles. The summed E-state index contributed by atoms with van der Waals surface area (Å²) in [5, 5.41) is 4.51. The second kappa shape index (κ2) is 8.51. The topological polar surface area (TPSA) is 31.4 Å². The van der Waals surface area contributed by atoms with Crippen LogP contribution in [0.15, 0.2) is 6.20 Å². The summed E-state index contributed by atoms with van der Waals surface area (Å²) in [4.78, 5) is 10.5. The van der Waals surface area contributed by atoms with Crippen molar-refractivity contribution in [2.45, 2.75) is 27.3 Å². The van der Waals surface area contributed by atoms with Crippen molar-refractivity contribution in [1.82, 2.24) is 15.2 Å². The van der Waals surface area contributed by atoms with Crippen LogP contribution >= 0.6 is 11.3 Å². The first kappa shape index (κ1) is 16.4. The van der Waals surface area contributed by atoms with Crippen LogP contribution in [0.5, 0.6) is 0 Å². The van der Waals surface area contributed by atoms with Gasteiger partial charge in [0.05, 0.1) is 0 Å². The molecule has 0 aliphatic rings. The van der Waals surface area contributed by atoms with E-state index in [0.717, 1.165) is 37.9 Å². The predicted octanol–water partition coefficient (Wildman–Crippen LogP) is 2.28. The van der Waals surface area contributed by atoms with Crippen molar-refractivity contribution in [2.75, 3.05) is 45.2 Å². The SMILES string of the molecule is CCNCc1cnc(N(CCN(C)C)CC(C)C)s1. The summed E-state index contributed by atoms with van der Waals surface area (Å²) in [6, 6.07) is 0. The van der Waals surface area contributed by atoms with Gasteiger partial charge < -0.3 is 15.1 Å². The second-order valence-corrected chi connectivity index (χ2v) is 6.63. The number of rotatable bonds is 9. The minimum Gasteiger partial charge on any atom is -0.347 e. The molecule has 0 unspecified atom stereocenters. The van der Waals surface area contributed by atoms with E-state index < -0.39 is 0 Å². The number of hydrogen-bond donors (Lipinski definition) is 1. The molecule has 1 rings (SSSR count). The van der Waals surface area contributed by atoms with Crippen LogP contribution in [0.1, 0.15) is 25.6 Å². The molecule has 0 fully saturated rings. The number of nitrogens with one attached hydrogen (secondary N) is 1. The van der Waals surface area contributed by atoms with Gasteiger partial charge in [-0.15, -0.1) is 11.3 Å². The number of nitrogens with zero attached hydrogens (tertiary/aromatic N) is 3. The highest BCUT2D eigenvalue weighted by Crippen LogP contribution is 2.23. The fourth-order valence-electron chi connectivity index (χ4n) is 1.80. The molecule has 0 spiro atoms. The van der Waals surface area contributed by atoms with E-state index in [1.165, 1.54) is 4.88 Å². The lowest BCUT2D eigenvalue weighted by Crippen LogP contribution is -2.34. The fraction of sp³-hybridized carbons (Fsp3) is 0.786. The first-order valence-corrected chi connectivity index (χ1v) is 7.89. The van der Waals surface area contributed by atoms with Crippen LogP contribution in [0.4, 0.5) is 5.13 Å². The molecule has 1 aromatic heterocycles. The van der Waals surface area contributed by atoms with E-state index >= 15 is 0 Å². The molecule has 19 heavy (non-hydrogen) atoms. The molecule has 4 nitrogen and oxygen atoms in total. The van der Waals surface area contributed by atoms with E-state index in [4.69, 9.17) is 0 Å². The summed E-state index contributed by atoms with van der Waals surface area (Å²) in [6.45, 7) is 11.8. The van der Waals surface area contributed by atoms with Gasteiger partial charge in [-0.05, 0) is 26.6 Å². The Kier molecular flexibility index (Phi) is 7.34. The summed E-state index contributed by atoms with van der Waals surface area (Å²) < 4.78 is 0. The van der Waals surface area contributed by atoms with Gasteiger partial charge in [-0.2, -0.15) is 0 Å². The molecular formula is C14H28N4S. The maximum absolute atomic E-state index is 4.59. The Balaban J connectivity index is 2.64. The first-order chi connectivity index (χ1) is 9.02. The molecule has 0 radical (unpaired) electrons. The number of anilines is 1. The maximum Gasteiger partial charge on any atom is 0.185 e. The number of aromatic nitrogens is 1. The molecule has 1 aromatic rings. The Morgan fingerprint density at radius 2 is 2.05 bits per heavy atom. The maximum atomic E-state index is 4.59. The highest BCUT2D eigenvalue weighted by Gasteiger charge is 2.13. The van der Waals surface area contributed by atoms with Crippen LogP contribution in [0.2, 0.25) is 0 Å². The largest absolute Gasteiger partial charge is 0.347 e. The summed E-state index contributed by atoms with van der Waals surface area (Å²) in [6.07, 6.45) is 2.01. The highest BCUT2D eigenvalue weighted by atomic mass is 32.1. The van der Waals surface area contributed by atoms with Crippen molar-refractivity contribution in [1.29, 1.82) is 0 Å². The van der Waals surface area contributed by atoms with Crippen LogP contribution in [-0.4, -0.2) is 50.2 Å². The molecule has 0 bridgehead atoms. The monoisotopic (exact) mass is 284 g/mol. The summed E-state index contributed by atoms with van der Waals surface area (Å²) in [5.41, 5.74) is 0. The minimum atomic E-state index is 0.656. The third-order valence-corrected chi connectivity index (χ3v) is 3.82. The van der Waals surface area contributed by atoms with Gasteiger partial charge in [-0.3, -0.25) is 0 Å². The van der Waals surface area contributed by atoms with Gasteiger partial charge in [0, 0.05) is 37.3 Å². The van der Waals surface area contributed by atoms with E-state index in [1.54, 1.807) is 0 Å². The smallest absolute Gasteiger partial charge is 0.185 e. The Morgan fingerprint density at radius 3 is 2.63 bits per heavy atom. The highest BCUT2D eigenvalue weighted by molar-refractivity contribution is 7.15. The minimum absolute atomic E-state index is 0.656. The van der Waals surface area contributed by atoms with Gasteiger partial charge in [0.2, 0.25) is 0 Å². The molecule has 0 amide bonds.